The zero-order valence-electron chi connectivity index (χ0n) is 29.5. The van der Waals surface area contributed by atoms with Gasteiger partial charge in [0.25, 0.3) is 0 Å². The molecular formula is C37H49FN6O7. The van der Waals surface area contributed by atoms with Crippen molar-refractivity contribution in [3.63, 3.8) is 0 Å². The summed E-state index contributed by atoms with van der Waals surface area (Å²) in [5.74, 6) is -1.85. The van der Waals surface area contributed by atoms with Crippen LogP contribution in [0.25, 0.3) is 6.08 Å². The van der Waals surface area contributed by atoms with Gasteiger partial charge in [0, 0.05) is 69.7 Å². The van der Waals surface area contributed by atoms with Gasteiger partial charge in [-0.1, -0.05) is 31.6 Å². The van der Waals surface area contributed by atoms with Gasteiger partial charge in [0.1, 0.15) is 37.6 Å². The molecular weight excluding hydrogens is 659 g/mol. The summed E-state index contributed by atoms with van der Waals surface area (Å²) in [6, 6.07) is 6.51. The number of nitrogens with one attached hydrogen (secondary N) is 1. The minimum absolute atomic E-state index is 0.0113. The number of aldehydes is 2. The Kier molecular flexibility index (Phi) is 14.5. The van der Waals surface area contributed by atoms with Gasteiger partial charge in [0.15, 0.2) is 0 Å². The van der Waals surface area contributed by atoms with Gasteiger partial charge in [-0.05, 0) is 67.5 Å². The van der Waals surface area contributed by atoms with Gasteiger partial charge in [0.2, 0.25) is 11.8 Å². The topological polar surface area (TPSA) is 154 Å². The van der Waals surface area contributed by atoms with Crippen LogP contribution in [0.4, 0.5) is 14.9 Å². The first-order valence-corrected chi connectivity index (χ1v) is 17.4. The highest BCUT2D eigenvalue weighted by atomic mass is 19.1. The van der Waals surface area contributed by atoms with Crippen molar-refractivity contribution in [2.45, 2.75) is 58.8 Å². The first kappa shape index (κ1) is 38.9. The number of benzene rings is 1. The number of halogens is 1. The second-order valence-electron chi connectivity index (χ2n) is 13.3. The maximum Gasteiger partial charge on any atom is 0.410 e. The van der Waals surface area contributed by atoms with Crippen LogP contribution < -0.4 is 10.2 Å². The first-order chi connectivity index (χ1) is 24.5. The lowest BCUT2D eigenvalue weighted by Crippen LogP contribution is -2.50. The van der Waals surface area contributed by atoms with Gasteiger partial charge in [-0.15, -0.1) is 0 Å². The van der Waals surface area contributed by atoms with E-state index >= 15 is 0 Å². The number of carbonyl (C=O) groups is 5. The Bertz CT molecular complexity index is 1560. The van der Waals surface area contributed by atoms with Gasteiger partial charge in [-0.25, -0.2) is 9.18 Å². The van der Waals surface area contributed by atoms with E-state index in [4.69, 9.17) is 4.74 Å². The number of piperazine rings is 2. The van der Waals surface area contributed by atoms with E-state index in [-0.39, 0.29) is 43.2 Å². The molecule has 2 N–H and O–H groups in total. The van der Waals surface area contributed by atoms with Crippen LogP contribution in [0.15, 0.2) is 54.4 Å². The lowest BCUT2D eigenvalue weighted by atomic mass is 9.86. The second-order valence-corrected chi connectivity index (χ2v) is 13.3. The molecule has 2 saturated heterocycles. The van der Waals surface area contributed by atoms with E-state index in [1.165, 1.54) is 17.0 Å². The molecule has 51 heavy (non-hydrogen) atoms. The summed E-state index contributed by atoms with van der Waals surface area (Å²) in [7, 11) is 0. The quantitative estimate of drug-likeness (QED) is 0.198. The standard InChI is InChI=1S/C37H49FN6O7/c1-26(6-8-34(27(2)5-7-32(47)9-18-45)51-37(50)43-13-11-39-35(48)23-43)33(25-46)28(3)19-29-20-30(38)22-31(21-29)41-14-16-42(17-15-41)36(49)24-44-12-4-10-40-44/h4,6,8,10,12,18-22,25-27,32-34,47H,5,7,9,11,13-17,23-24H2,1-3H3,(H,39,48)/b8-6+,28-19+/t26-,27-,32+,33-,34-/m0/s1. The van der Waals surface area contributed by atoms with E-state index in [1.54, 1.807) is 46.3 Å². The normalized spacial score (nSPS) is 18.5. The van der Waals surface area contributed by atoms with Crippen LogP contribution >= 0.6 is 0 Å². The zero-order valence-corrected chi connectivity index (χ0v) is 29.5. The number of aromatic nitrogens is 2. The van der Waals surface area contributed by atoms with Crippen LogP contribution in [0, 0.1) is 23.6 Å². The predicted octanol–water partition coefficient (Wildman–Crippen LogP) is 3.08. The fourth-order valence-electron chi connectivity index (χ4n) is 6.30. The van der Waals surface area contributed by atoms with Crippen LogP contribution in [-0.4, -0.2) is 113 Å². The molecule has 4 rings (SSSR count). The van der Waals surface area contributed by atoms with E-state index < -0.39 is 30.0 Å². The Morgan fingerprint density at radius 3 is 2.49 bits per heavy atom. The number of nitrogens with zero attached hydrogens (tertiary/aromatic N) is 5. The first-order valence-electron chi connectivity index (χ1n) is 17.4. The third-order valence-electron chi connectivity index (χ3n) is 9.41. The molecule has 3 amide bonds. The van der Waals surface area contributed by atoms with Crippen LogP contribution in [0.2, 0.25) is 0 Å². The highest BCUT2D eigenvalue weighted by molar-refractivity contribution is 5.83. The molecule has 0 aliphatic carbocycles. The van der Waals surface area contributed by atoms with Crippen molar-refractivity contribution in [3.05, 3.63) is 65.8 Å². The van der Waals surface area contributed by atoms with E-state index in [0.29, 0.717) is 75.2 Å². The van der Waals surface area contributed by atoms with Crippen LogP contribution in [0.1, 0.15) is 45.6 Å². The average Bonchev–Trinajstić information content (AvgIpc) is 3.62. The number of aliphatic hydroxyl groups excluding tert-OH is 1. The number of ether oxygens (including phenoxy) is 1. The van der Waals surface area contributed by atoms with Gasteiger partial charge in [-0.3, -0.25) is 19.2 Å². The maximum absolute atomic E-state index is 14.9. The average molecular weight is 709 g/mol. The molecule has 13 nitrogen and oxygen atoms in total. The Balaban J connectivity index is 1.43. The zero-order chi connectivity index (χ0) is 36.9. The van der Waals surface area contributed by atoms with Crippen LogP contribution in [0.3, 0.4) is 0 Å². The summed E-state index contributed by atoms with van der Waals surface area (Å²) in [6.07, 6.45) is 8.82. The second kappa shape index (κ2) is 18.9. The summed E-state index contributed by atoms with van der Waals surface area (Å²) in [5, 5.41) is 16.8. The number of hydrogen-bond donors (Lipinski definition) is 2. The molecule has 2 aliphatic rings. The Morgan fingerprint density at radius 2 is 1.82 bits per heavy atom. The molecule has 0 unspecified atom stereocenters. The fourth-order valence-corrected chi connectivity index (χ4v) is 6.30. The highest BCUT2D eigenvalue weighted by Gasteiger charge is 2.28. The van der Waals surface area contributed by atoms with Crippen molar-refractivity contribution < 1.29 is 38.2 Å². The summed E-state index contributed by atoms with van der Waals surface area (Å²) < 4.78 is 22.3. The van der Waals surface area contributed by atoms with Gasteiger partial charge in [-0.2, -0.15) is 5.10 Å². The summed E-state index contributed by atoms with van der Waals surface area (Å²) in [4.78, 5) is 65.9. The van der Waals surface area contributed by atoms with E-state index in [2.05, 4.69) is 10.4 Å². The number of amides is 3. The lowest BCUT2D eigenvalue weighted by molar-refractivity contribution is -0.132. The van der Waals surface area contributed by atoms with E-state index in [0.717, 1.165) is 6.29 Å². The minimum atomic E-state index is -0.808. The molecule has 1 aromatic heterocycles. The van der Waals surface area contributed by atoms with E-state index in [9.17, 15) is 33.5 Å². The van der Waals surface area contributed by atoms with Crippen molar-refractivity contribution in [3.8, 4) is 0 Å². The molecule has 0 spiro atoms. The lowest BCUT2D eigenvalue weighted by Gasteiger charge is -2.36. The van der Waals surface area contributed by atoms with Crippen LogP contribution in [0.5, 0.6) is 0 Å². The molecule has 14 heteroatoms. The molecule has 276 valence electrons. The maximum atomic E-state index is 14.9. The van der Waals surface area contributed by atoms with Crippen molar-refractivity contribution in [2.75, 3.05) is 50.7 Å². The molecule has 3 heterocycles. The molecule has 1 aromatic carbocycles. The van der Waals surface area contributed by atoms with Crippen LogP contribution in [-0.2, 0) is 30.5 Å². The largest absolute Gasteiger partial charge is 0.442 e. The van der Waals surface area contributed by atoms with Crippen molar-refractivity contribution in [2.24, 2.45) is 17.8 Å². The van der Waals surface area contributed by atoms with E-state index in [1.807, 2.05) is 31.7 Å². The molecule has 5 atom stereocenters. The number of hydrogen-bond acceptors (Lipinski definition) is 9. The van der Waals surface area contributed by atoms with Crippen molar-refractivity contribution >= 4 is 42.2 Å². The summed E-state index contributed by atoms with van der Waals surface area (Å²) in [5.41, 5.74) is 2.00. The number of allylic oxidation sites excluding steroid dienone is 2. The number of anilines is 1. The Morgan fingerprint density at radius 1 is 1.06 bits per heavy atom. The van der Waals surface area contributed by atoms with Gasteiger partial charge >= 0.3 is 6.09 Å². The SMILES string of the molecule is C/C(=C\c1cc(F)cc(N2CCN(C(=O)Cn3cccn3)CC2)c1)[C@@H](C=O)[C@@H](C)/C=C/[C@H](OC(=O)N1CCNC(=O)C1)[C@@H](C)CC[C@@H](O)CC=O. The molecule has 0 saturated carbocycles. The Labute approximate surface area is 298 Å². The summed E-state index contributed by atoms with van der Waals surface area (Å²) >= 11 is 0. The summed E-state index contributed by atoms with van der Waals surface area (Å²) in [6.45, 7) is 8.32. The molecule has 2 fully saturated rings. The van der Waals surface area contributed by atoms with Gasteiger partial charge < -0.3 is 34.5 Å². The smallest absolute Gasteiger partial charge is 0.410 e. The van der Waals surface area contributed by atoms with Crippen molar-refractivity contribution in [1.82, 2.24) is 24.9 Å². The minimum Gasteiger partial charge on any atom is -0.442 e. The molecule has 2 aliphatic heterocycles. The third-order valence-corrected chi connectivity index (χ3v) is 9.41. The monoisotopic (exact) mass is 708 g/mol. The molecule has 2 aromatic rings. The highest BCUT2D eigenvalue weighted by Crippen LogP contribution is 2.27. The number of aliphatic hydroxyl groups is 1. The predicted molar refractivity (Wildman–Crippen MR) is 189 cm³/mol. The fraction of sp³-hybridized carbons (Fsp3) is 0.514. The van der Waals surface area contributed by atoms with Crippen molar-refractivity contribution in [1.29, 1.82) is 0 Å². The number of rotatable bonds is 16. The number of carbonyl (C=O) groups excluding carboxylic acids is 5. The van der Waals surface area contributed by atoms with Gasteiger partial charge in [0.05, 0.1) is 6.10 Å². The third kappa shape index (κ3) is 11.6. The molecule has 0 radical (unpaired) electrons. The molecule has 0 bridgehead atoms. The Hall–Kier alpha value is -4.85.